The molecule has 3 aromatic rings. The van der Waals surface area contributed by atoms with Crippen LogP contribution >= 0.6 is 11.6 Å². The van der Waals surface area contributed by atoms with Crippen LogP contribution in [0.4, 0.5) is 26.3 Å². The number of fused-ring (bicyclic) bond motifs is 1. The van der Waals surface area contributed by atoms with E-state index < -0.39 is 37.3 Å². The number of benzene rings is 1. The fourth-order valence-corrected chi connectivity index (χ4v) is 2.71. The predicted molar refractivity (Wildman–Crippen MR) is 93.3 cm³/mol. The summed E-state index contributed by atoms with van der Waals surface area (Å²) in [6.45, 7) is -1.60. The third kappa shape index (κ3) is 4.87. The molecule has 0 N–H and O–H groups in total. The first-order chi connectivity index (χ1) is 13.7. The smallest absolute Gasteiger partial charge is 0.424 e. The Morgan fingerprint density at radius 3 is 2.38 bits per heavy atom. The lowest BCUT2D eigenvalue weighted by molar-refractivity contribution is -0.141. The molecule has 0 saturated carbocycles. The zero-order valence-electron chi connectivity index (χ0n) is 14.4. The van der Waals surface area contributed by atoms with Crippen molar-refractivity contribution in [3.05, 3.63) is 52.9 Å². The van der Waals surface area contributed by atoms with Crippen molar-refractivity contribution in [2.45, 2.75) is 24.9 Å². The van der Waals surface area contributed by atoms with E-state index in [0.29, 0.717) is 6.07 Å². The number of hydrogen-bond donors (Lipinski definition) is 0. The molecular formula is C18H12ClF6N3O. The molecule has 0 aliphatic heterocycles. The van der Waals surface area contributed by atoms with Crippen molar-refractivity contribution in [1.82, 2.24) is 15.0 Å². The summed E-state index contributed by atoms with van der Waals surface area (Å²) in [5, 5.41) is 0.237. The molecule has 0 saturated heterocycles. The zero-order chi connectivity index (χ0) is 21.2. The van der Waals surface area contributed by atoms with Crippen LogP contribution in [-0.4, -0.2) is 34.0 Å². The summed E-state index contributed by atoms with van der Waals surface area (Å²) in [5.41, 5.74) is -1.69. The average Bonchev–Trinajstić information content (AvgIpc) is 2.68. The predicted octanol–water partition coefficient (Wildman–Crippen LogP) is 5.68. The van der Waals surface area contributed by atoms with Gasteiger partial charge in [0, 0.05) is 11.8 Å². The Bertz CT molecular complexity index is 999. The van der Waals surface area contributed by atoms with Gasteiger partial charge in [0.2, 0.25) is 0 Å². The van der Waals surface area contributed by atoms with E-state index in [0.717, 1.165) is 0 Å². The molecule has 3 rings (SSSR count). The summed E-state index contributed by atoms with van der Waals surface area (Å²) in [4.78, 5) is 11.2. The van der Waals surface area contributed by atoms with Gasteiger partial charge in [-0.05, 0) is 23.8 Å². The van der Waals surface area contributed by atoms with E-state index in [1.165, 1.54) is 30.6 Å². The summed E-state index contributed by atoms with van der Waals surface area (Å²) < 4.78 is 84.9. The molecule has 2 unspecified atom stereocenters. The highest BCUT2D eigenvalue weighted by Gasteiger charge is 2.34. The maximum Gasteiger partial charge on any atom is 0.433 e. The molecule has 0 amide bonds. The van der Waals surface area contributed by atoms with Gasteiger partial charge in [-0.3, -0.25) is 0 Å². The van der Waals surface area contributed by atoms with Crippen molar-refractivity contribution >= 4 is 22.5 Å². The molecule has 11 heteroatoms. The standard InChI is InChI=1S/C18H12ClF6N3O/c19-10-7-26-17(27-8-10)29-14-3-1-2-13-16(14)9(4-11(21)12(22)6-20)5-15(28-13)18(23,24)25/h1-3,5,7-8,11-12H,4,6H2. The number of pyridine rings is 1. The van der Waals surface area contributed by atoms with E-state index in [-0.39, 0.29) is 33.2 Å². The maximum atomic E-state index is 14.0. The van der Waals surface area contributed by atoms with Gasteiger partial charge in [0.15, 0.2) is 6.17 Å². The third-order valence-corrected chi connectivity index (χ3v) is 4.12. The van der Waals surface area contributed by atoms with Crippen LogP contribution in [0.5, 0.6) is 11.8 Å². The number of aromatic nitrogens is 3. The van der Waals surface area contributed by atoms with Crippen LogP contribution in [0.1, 0.15) is 11.3 Å². The Kier molecular flexibility index (Phi) is 6.11. The topological polar surface area (TPSA) is 47.9 Å². The van der Waals surface area contributed by atoms with Gasteiger partial charge in [-0.1, -0.05) is 17.7 Å². The third-order valence-electron chi connectivity index (χ3n) is 3.92. The van der Waals surface area contributed by atoms with E-state index in [4.69, 9.17) is 16.3 Å². The average molecular weight is 436 g/mol. The summed E-state index contributed by atoms with van der Waals surface area (Å²) in [6.07, 6.45) is -7.98. The molecule has 2 aromatic heterocycles. The van der Waals surface area contributed by atoms with E-state index in [1.807, 2.05) is 0 Å². The Hall–Kier alpha value is -2.62. The van der Waals surface area contributed by atoms with Crippen molar-refractivity contribution in [1.29, 1.82) is 0 Å². The highest BCUT2D eigenvalue weighted by atomic mass is 35.5. The first-order valence-corrected chi connectivity index (χ1v) is 8.56. The van der Waals surface area contributed by atoms with Gasteiger partial charge >= 0.3 is 12.2 Å². The lowest BCUT2D eigenvalue weighted by Gasteiger charge is -2.17. The first kappa shape index (κ1) is 21.1. The van der Waals surface area contributed by atoms with Crippen molar-refractivity contribution in [3.8, 4) is 11.8 Å². The molecule has 29 heavy (non-hydrogen) atoms. The molecule has 0 aliphatic rings. The Balaban J connectivity index is 2.13. The molecular weight excluding hydrogens is 424 g/mol. The summed E-state index contributed by atoms with van der Waals surface area (Å²) in [5.74, 6) is -0.0242. The summed E-state index contributed by atoms with van der Waals surface area (Å²) in [6, 6.07) is 4.44. The van der Waals surface area contributed by atoms with Gasteiger partial charge < -0.3 is 4.74 Å². The number of rotatable bonds is 6. The second-order valence-corrected chi connectivity index (χ2v) is 6.43. The summed E-state index contributed by atoms with van der Waals surface area (Å²) in [7, 11) is 0. The largest absolute Gasteiger partial charge is 0.433 e. The SMILES string of the molecule is FCC(F)C(F)Cc1cc(C(F)(F)F)nc2cccc(Oc3ncc(Cl)cn3)c12. The van der Waals surface area contributed by atoms with Crippen LogP contribution in [0.2, 0.25) is 5.02 Å². The van der Waals surface area contributed by atoms with Gasteiger partial charge in [-0.25, -0.2) is 28.1 Å². The number of ether oxygens (including phenoxy) is 1. The van der Waals surface area contributed by atoms with Crippen LogP contribution in [-0.2, 0) is 12.6 Å². The maximum absolute atomic E-state index is 14.0. The van der Waals surface area contributed by atoms with Crippen LogP contribution in [0, 0.1) is 0 Å². The van der Waals surface area contributed by atoms with Crippen molar-refractivity contribution in [3.63, 3.8) is 0 Å². The van der Waals surface area contributed by atoms with E-state index in [2.05, 4.69) is 15.0 Å². The molecule has 0 aliphatic carbocycles. The number of hydrogen-bond acceptors (Lipinski definition) is 4. The molecule has 0 bridgehead atoms. The van der Waals surface area contributed by atoms with E-state index >= 15 is 0 Å². The monoisotopic (exact) mass is 435 g/mol. The van der Waals surface area contributed by atoms with Gasteiger partial charge in [0.25, 0.3) is 0 Å². The number of halogens is 7. The lowest BCUT2D eigenvalue weighted by Crippen LogP contribution is -2.22. The Morgan fingerprint density at radius 1 is 1.07 bits per heavy atom. The molecule has 154 valence electrons. The highest BCUT2D eigenvalue weighted by molar-refractivity contribution is 6.30. The van der Waals surface area contributed by atoms with E-state index in [1.54, 1.807) is 0 Å². The zero-order valence-corrected chi connectivity index (χ0v) is 15.2. The van der Waals surface area contributed by atoms with Gasteiger partial charge in [-0.2, -0.15) is 13.2 Å². The second kappa shape index (κ2) is 8.40. The Labute approximate surface area is 165 Å². The van der Waals surface area contributed by atoms with Gasteiger partial charge in [0.05, 0.1) is 22.9 Å². The molecule has 1 aromatic carbocycles. The van der Waals surface area contributed by atoms with Crippen molar-refractivity contribution < 1.29 is 31.1 Å². The van der Waals surface area contributed by atoms with Crippen LogP contribution in [0.15, 0.2) is 36.7 Å². The minimum absolute atomic E-state index is 0.00718. The molecule has 0 radical (unpaired) electrons. The molecule has 0 fully saturated rings. The summed E-state index contributed by atoms with van der Waals surface area (Å²) >= 11 is 5.69. The molecule has 2 atom stereocenters. The minimum atomic E-state index is -4.82. The van der Waals surface area contributed by atoms with Gasteiger partial charge in [-0.15, -0.1) is 0 Å². The second-order valence-electron chi connectivity index (χ2n) is 5.99. The number of nitrogens with zero attached hydrogens (tertiary/aromatic N) is 3. The lowest BCUT2D eigenvalue weighted by atomic mass is 9.99. The normalized spacial score (nSPS) is 14.0. The van der Waals surface area contributed by atoms with Crippen molar-refractivity contribution in [2.75, 3.05) is 6.67 Å². The molecule has 0 spiro atoms. The van der Waals surface area contributed by atoms with E-state index in [9.17, 15) is 26.3 Å². The first-order valence-electron chi connectivity index (χ1n) is 8.18. The molecule has 4 nitrogen and oxygen atoms in total. The fraction of sp³-hybridized carbons (Fsp3) is 0.278. The van der Waals surface area contributed by atoms with Crippen molar-refractivity contribution in [2.24, 2.45) is 0 Å². The molecule has 2 heterocycles. The quantitative estimate of drug-likeness (QED) is 0.468. The minimum Gasteiger partial charge on any atom is -0.424 e. The van der Waals surface area contributed by atoms with Crippen LogP contribution < -0.4 is 4.74 Å². The fourth-order valence-electron chi connectivity index (χ4n) is 2.61. The van der Waals surface area contributed by atoms with Crippen LogP contribution in [0.3, 0.4) is 0 Å². The van der Waals surface area contributed by atoms with Crippen LogP contribution in [0.25, 0.3) is 10.9 Å². The number of alkyl halides is 6. The Morgan fingerprint density at radius 2 is 1.76 bits per heavy atom. The van der Waals surface area contributed by atoms with Gasteiger partial charge in [0.1, 0.15) is 24.3 Å². The highest BCUT2D eigenvalue weighted by Crippen LogP contribution is 2.36.